The summed E-state index contributed by atoms with van der Waals surface area (Å²) < 4.78 is 50.4. The summed E-state index contributed by atoms with van der Waals surface area (Å²) in [4.78, 5) is 22.5. The monoisotopic (exact) mass is 727 g/mol. The first-order chi connectivity index (χ1) is 16.9. The standard InChI is InChI=1S/C24H18F3I2NO6/c25-24(26,27)23(34)30-20(22(32)33)11-14-9-18(28)21(19(29)10-14)35-12-13-1-5-16(6-2-13)36-17-7-3-15(31)4-8-17/h1-10,20,31H,11-12H2,(H,30,34)(H,32,33)/t20-/m0/s1. The average molecular weight is 727 g/mol. The van der Waals surface area contributed by atoms with Gasteiger partial charge in [-0.05, 0) is 105 Å². The van der Waals surface area contributed by atoms with Gasteiger partial charge in [0.25, 0.3) is 0 Å². The number of phenols is 1. The lowest BCUT2D eigenvalue weighted by Gasteiger charge is -2.17. The zero-order valence-corrected chi connectivity index (χ0v) is 22.5. The highest BCUT2D eigenvalue weighted by atomic mass is 127. The predicted molar refractivity (Wildman–Crippen MR) is 140 cm³/mol. The number of rotatable bonds is 9. The zero-order valence-electron chi connectivity index (χ0n) is 18.2. The highest BCUT2D eigenvalue weighted by Gasteiger charge is 2.40. The minimum atomic E-state index is -5.18. The number of carbonyl (C=O) groups excluding carboxylic acids is 1. The van der Waals surface area contributed by atoms with Crippen molar-refractivity contribution in [3.63, 3.8) is 0 Å². The van der Waals surface area contributed by atoms with Gasteiger partial charge in [-0.15, -0.1) is 0 Å². The molecule has 1 atom stereocenters. The molecule has 3 aromatic rings. The van der Waals surface area contributed by atoms with Gasteiger partial charge in [0, 0.05) is 6.42 Å². The molecule has 3 N–H and O–H groups in total. The first kappa shape index (κ1) is 27.8. The van der Waals surface area contributed by atoms with Crippen molar-refractivity contribution >= 4 is 57.1 Å². The van der Waals surface area contributed by atoms with Crippen LogP contribution < -0.4 is 14.8 Å². The summed E-state index contributed by atoms with van der Waals surface area (Å²) in [7, 11) is 0. The van der Waals surface area contributed by atoms with Gasteiger partial charge >= 0.3 is 18.1 Å². The van der Waals surface area contributed by atoms with Crippen molar-refractivity contribution < 1.29 is 42.4 Å². The van der Waals surface area contributed by atoms with Crippen molar-refractivity contribution in [1.82, 2.24) is 5.32 Å². The number of benzene rings is 3. The molecule has 3 rings (SSSR count). The fourth-order valence-corrected chi connectivity index (χ4v) is 5.21. The Balaban J connectivity index is 1.63. The van der Waals surface area contributed by atoms with Crippen LogP contribution in [0.15, 0.2) is 60.7 Å². The van der Waals surface area contributed by atoms with E-state index in [0.717, 1.165) is 5.56 Å². The molecule has 0 saturated carbocycles. The Morgan fingerprint density at radius 1 is 0.917 bits per heavy atom. The summed E-state index contributed by atoms with van der Waals surface area (Å²) in [5.74, 6) is -2.03. The van der Waals surface area contributed by atoms with Gasteiger partial charge in [-0.25, -0.2) is 4.79 Å². The highest BCUT2D eigenvalue weighted by Crippen LogP contribution is 2.31. The lowest BCUT2D eigenvalue weighted by atomic mass is 10.1. The van der Waals surface area contributed by atoms with E-state index in [0.29, 0.717) is 30.0 Å². The van der Waals surface area contributed by atoms with Crippen molar-refractivity contribution in [3.8, 4) is 23.0 Å². The van der Waals surface area contributed by atoms with E-state index < -0.39 is 24.1 Å². The minimum Gasteiger partial charge on any atom is -0.508 e. The maximum Gasteiger partial charge on any atom is 0.471 e. The number of phenolic OH excluding ortho intramolecular Hbond substituents is 1. The van der Waals surface area contributed by atoms with Crippen molar-refractivity contribution in [1.29, 1.82) is 0 Å². The number of alkyl halides is 3. The second kappa shape index (κ2) is 12.0. The lowest BCUT2D eigenvalue weighted by molar-refractivity contribution is -0.175. The van der Waals surface area contributed by atoms with Crippen molar-refractivity contribution in [2.75, 3.05) is 0 Å². The van der Waals surface area contributed by atoms with Crippen LogP contribution in [0.4, 0.5) is 13.2 Å². The van der Waals surface area contributed by atoms with E-state index in [1.54, 1.807) is 36.4 Å². The average Bonchev–Trinajstić information content (AvgIpc) is 2.80. The number of nitrogens with one attached hydrogen (secondary N) is 1. The molecule has 0 heterocycles. The van der Waals surface area contributed by atoms with Crippen LogP contribution in [0.5, 0.6) is 23.0 Å². The second-order valence-electron chi connectivity index (χ2n) is 7.48. The molecule has 0 spiro atoms. The molecule has 0 bridgehead atoms. The van der Waals surface area contributed by atoms with Gasteiger partial charge in [0.2, 0.25) is 0 Å². The Bertz CT molecular complexity index is 1210. The topological polar surface area (TPSA) is 105 Å². The molecule has 0 saturated heterocycles. The third kappa shape index (κ3) is 7.88. The van der Waals surface area contributed by atoms with Crippen LogP contribution in [0, 0.1) is 7.14 Å². The molecule has 1 amide bonds. The lowest BCUT2D eigenvalue weighted by Crippen LogP contribution is -2.47. The van der Waals surface area contributed by atoms with E-state index in [4.69, 9.17) is 9.47 Å². The molecule has 190 valence electrons. The number of aliphatic carboxylic acids is 1. The number of hydrogen-bond donors (Lipinski definition) is 3. The van der Waals surface area contributed by atoms with E-state index in [1.807, 2.05) is 57.3 Å². The summed E-state index contributed by atoms with van der Waals surface area (Å²) in [6.07, 6.45) is -5.50. The van der Waals surface area contributed by atoms with Crippen molar-refractivity contribution in [2.45, 2.75) is 25.2 Å². The summed E-state index contributed by atoms with van der Waals surface area (Å²) in [6.45, 7) is 0.226. The molecule has 0 unspecified atom stereocenters. The van der Waals surface area contributed by atoms with Gasteiger partial charge in [-0.3, -0.25) is 4.79 Å². The largest absolute Gasteiger partial charge is 0.508 e. The van der Waals surface area contributed by atoms with E-state index in [2.05, 4.69) is 0 Å². The fraction of sp³-hybridized carbons (Fsp3) is 0.167. The van der Waals surface area contributed by atoms with E-state index in [9.17, 15) is 33.0 Å². The third-order valence-corrected chi connectivity index (χ3v) is 6.34. The Labute approximate surface area is 230 Å². The Hall–Kier alpha value is -2.75. The molecule has 0 aliphatic rings. The number of hydrogen-bond acceptors (Lipinski definition) is 5. The van der Waals surface area contributed by atoms with Gasteiger partial charge in [0.15, 0.2) is 0 Å². The van der Waals surface area contributed by atoms with Gasteiger partial charge in [0.1, 0.15) is 35.6 Å². The van der Waals surface area contributed by atoms with Crippen LogP contribution in [0.2, 0.25) is 0 Å². The van der Waals surface area contributed by atoms with E-state index >= 15 is 0 Å². The molecule has 0 radical (unpaired) electrons. The Kier molecular flexibility index (Phi) is 9.27. The van der Waals surface area contributed by atoms with E-state index in [1.165, 1.54) is 17.4 Å². The molecular weight excluding hydrogens is 709 g/mol. The molecule has 0 fully saturated rings. The van der Waals surface area contributed by atoms with Gasteiger partial charge in [-0.1, -0.05) is 12.1 Å². The van der Waals surface area contributed by atoms with Crippen LogP contribution in [0.3, 0.4) is 0 Å². The third-order valence-electron chi connectivity index (χ3n) is 4.74. The number of carbonyl (C=O) groups is 2. The van der Waals surface area contributed by atoms with Gasteiger partial charge in [-0.2, -0.15) is 13.2 Å². The number of ether oxygens (including phenoxy) is 2. The van der Waals surface area contributed by atoms with Crippen LogP contribution >= 0.6 is 45.2 Å². The molecule has 36 heavy (non-hydrogen) atoms. The van der Waals surface area contributed by atoms with Crippen LogP contribution in [-0.2, 0) is 22.6 Å². The number of amides is 1. The molecule has 0 aliphatic carbocycles. The molecule has 7 nitrogen and oxygen atoms in total. The zero-order chi connectivity index (χ0) is 26.5. The van der Waals surface area contributed by atoms with Gasteiger partial charge < -0.3 is 25.0 Å². The molecule has 3 aromatic carbocycles. The predicted octanol–water partition coefficient (Wildman–Crippen LogP) is 5.65. The van der Waals surface area contributed by atoms with Gasteiger partial charge in [0.05, 0.1) is 7.14 Å². The molecule has 0 aliphatic heterocycles. The van der Waals surface area contributed by atoms with Crippen LogP contribution in [0.25, 0.3) is 0 Å². The van der Waals surface area contributed by atoms with Crippen molar-refractivity contribution in [2.24, 2.45) is 0 Å². The summed E-state index contributed by atoms with van der Waals surface area (Å²) in [6, 6.07) is 15.0. The fourth-order valence-electron chi connectivity index (χ4n) is 3.00. The Morgan fingerprint density at radius 2 is 1.44 bits per heavy atom. The maximum atomic E-state index is 12.5. The normalized spacial score (nSPS) is 12.0. The Morgan fingerprint density at radius 3 is 1.94 bits per heavy atom. The van der Waals surface area contributed by atoms with Crippen molar-refractivity contribution in [3.05, 3.63) is 78.9 Å². The summed E-state index contributed by atoms with van der Waals surface area (Å²) in [5, 5.41) is 20.1. The maximum absolute atomic E-state index is 12.5. The molecule has 12 heteroatoms. The smallest absolute Gasteiger partial charge is 0.471 e. The van der Waals surface area contributed by atoms with Crippen LogP contribution in [0.1, 0.15) is 11.1 Å². The number of aromatic hydroxyl groups is 1. The second-order valence-corrected chi connectivity index (χ2v) is 9.81. The first-order valence-electron chi connectivity index (χ1n) is 10.2. The SMILES string of the molecule is O=C(O)[C@H](Cc1cc(I)c(OCc2ccc(Oc3ccc(O)cc3)cc2)c(I)c1)NC(=O)C(F)(F)F. The highest BCUT2D eigenvalue weighted by molar-refractivity contribution is 14.1. The summed E-state index contributed by atoms with van der Waals surface area (Å²) in [5.41, 5.74) is 1.28. The quantitative estimate of drug-likeness (QED) is 0.247. The van der Waals surface area contributed by atoms with Crippen LogP contribution in [-0.4, -0.2) is 34.3 Å². The minimum absolute atomic E-state index is 0.141. The number of carboxylic acid groups (broad SMARTS) is 1. The number of halogens is 5. The van der Waals surface area contributed by atoms with E-state index in [-0.39, 0.29) is 18.8 Å². The molecular formula is C24H18F3I2NO6. The number of carboxylic acids is 1. The molecule has 0 aromatic heterocycles. The first-order valence-corrected chi connectivity index (χ1v) is 12.3. The summed E-state index contributed by atoms with van der Waals surface area (Å²) >= 11 is 3.99.